The average molecular weight is 230 g/mol. The van der Waals surface area contributed by atoms with Gasteiger partial charge in [0.05, 0.1) is 18.2 Å². The van der Waals surface area contributed by atoms with Crippen LogP contribution in [0.2, 0.25) is 0 Å². The highest BCUT2D eigenvalue weighted by atomic mass is 32.1. The number of nitrogens with one attached hydrogen (secondary N) is 1. The van der Waals surface area contributed by atoms with Gasteiger partial charge in [0.15, 0.2) is 0 Å². The highest BCUT2D eigenvalue weighted by molar-refractivity contribution is 7.17. The third-order valence-corrected chi connectivity index (χ3v) is 3.17. The fourth-order valence-electron chi connectivity index (χ4n) is 1.63. The number of nitrogens with zero attached hydrogens (tertiary/aromatic N) is 1. The molecule has 2 aromatic heterocycles. The molecule has 1 N–H and O–H groups in total. The number of hydrogen-bond donors (Lipinski definition) is 1. The lowest BCUT2D eigenvalue weighted by atomic mass is 10.1. The van der Waals surface area contributed by atoms with Crippen molar-refractivity contribution in [2.24, 2.45) is 0 Å². The zero-order valence-electron chi connectivity index (χ0n) is 9.40. The SMILES string of the molecule is CC.c1cc(-c2cnc[nH]2)c2ccsc2c1. The maximum Gasteiger partial charge on any atom is 0.0924 e. The van der Waals surface area contributed by atoms with Gasteiger partial charge in [0.2, 0.25) is 0 Å². The van der Waals surface area contributed by atoms with Gasteiger partial charge in [-0.05, 0) is 17.5 Å². The van der Waals surface area contributed by atoms with E-state index in [-0.39, 0.29) is 0 Å². The lowest BCUT2D eigenvalue weighted by molar-refractivity contribution is 1.31. The second kappa shape index (κ2) is 4.94. The first-order valence-corrected chi connectivity index (χ1v) is 6.28. The van der Waals surface area contributed by atoms with Crippen LogP contribution in [0.5, 0.6) is 0 Å². The summed E-state index contributed by atoms with van der Waals surface area (Å²) in [5, 5.41) is 3.41. The Labute approximate surface area is 99.0 Å². The molecule has 0 unspecified atom stereocenters. The monoisotopic (exact) mass is 230 g/mol. The zero-order valence-corrected chi connectivity index (χ0v) is 10.2. The molecule has 0 atom stereocenters. The first-order chi connectivity index (χ1) is 7.95. The molecule has 0 spiro atoms. The van der Waals surface area contributed by atoms with Crippen molar-refractivity contribution in [3.8, 4) is 11.3 Å². The predicted molar refractivity (Wildman–Crippen MR) is 70.8 cm³/mol. The van der Waals surface area contributed by atoms with E-state index in [2.05, 4.69) is 39.6 Å². The fraction of sp³-hybridized carbons (Fsp3) is 0.154. The molecule has 2 nitrogen and oxygen atoms in total. The van der Waals surface area contributed by atoms with Gasteiger partial charge >= 0.3 is 0 Å². The summed E-state index contributed by atoms with van der Waals surface area (Å²) in [6.07, 6.45) is 3.56. The van der Waals surface area contributed by atoms with Gasteiger partial charge in [-0.3, -0.25) is 0 Å². The summed E-state index contributed by atoms with van der Waals surface area (Å²) in [7, 11) is 0. The molecule has 0 aliphatic rings. The third kappa shape index (κ3) is 1.86. The van der Waals surface area contributed by atoms with E-state index in [4.69, 9.17) is 0 Å². The molecule has 0 bridgehead atoms. The largest absolute Gasteiger partial charge is 0.345 e. The van der Waals surface area contributed by atoms with Crippen LogP contribution in [-0.4, -0.2) is 9.97 Å². The number of hydrogen-bond acceptors (Lipinski definition) is 2. The van der Waals surface area contributed by atoms with Gasteiger partial charge in [-0.25, -0.2) is 4.98 Å². The maximum atomic E-state index is 4.04. The van der Waals surface area contributed by atoms with Crippen molar-refractivity contribution in [1.82, 2.24) is 9.97 Å². The number of imidazole rings is 1. The molecule has 0 saturated heterocycles. The molecule has 0 amide bonds. The minimum atomic E-state index is 1.08. The van der Waals surface area contributed by atoms with E-state index in [1.807, 2.05) is 20.0 Å². The number of aromatic amines is 1. The number of fused-ring (bicyclic) bond motifs is 1. The minimum absolute atomic E-state index is 1.08. The molecule has 0 saturated carbocycles. The molecular formula is C13H14N2S. The second-order valence-electron chi connectivity index (χ2n) is 3.10. The van der Waals surface area contributed by atoms with Crippen LogP contribution in [0.25, 0.3) is 21.3 Å². The van der Waals surface area contributed by atoms with Crippen molar-refractivity contribution in [1.29, 1.82) is 0 Å². The standard InChI is InChI=1S/C11H8N2S.C2H6/c1-2-8(10-6-12-7-13-10)9-4-5-14-11(9)3-1;1-2/h1-7H,(H,12,13);1-2H3. The lowest BCUT2D eigenvalue weighted by Gasteiger charge is -1.98. The van der Waals surface area contributed by atoms with Crippen LogP contribution in [0.1, 0.15) is 13.8 Å². The van der Waals surface area contributed by atoms with Crippen molar-refractivity contribution >= 4 is 21.4 Å². The average Bonchev–Trinajstić information content (AvgIpc) is 3.02. The first kappa shape index (κ1) is 10.9. The van der Waals surface area contributed by atoms with Gasteiger partial charge in [-0.1, -0.05) is 26.0 Å². The summed E-state index contributed by atoms with van der Waals surface area (Å²) in [5.41, 5.74) is 2.30. The molecule has 3 rings (SSSR count). The van der Waals surface area contributed by atoms with Gasteiger partial charge in [0.25, 0.3) is 0 Å². The zero-order chi connectivity index (χ0) is 11.4. The van der Waals surface area contributed by atoms with Crippen LogP contribution in [0.15, 0.2) is 42.2 Å². The van der Waals surface area contributed by atoms with Crippen LogP contribution in [0.4, 0.5) is 0 Å². The Morgan fingerprint density at radius 3 is 2.81 bits per heavy atom. The number of rotatable bonds is 1. The minimum Gasteiger partial charge on any atom is -0.345 e. The Hall–Kier alpha value is -1.61. The van der Waals surface area contributed by atoms with E-state index >= 15 is 0 Å². The molecule has 0 aliphatic carbocycles. The van der Waals surface area contributed by atoms with Gasteiger partial charge in [-0.15, -0.1) is 11.3 Å². The second-order valence-corrected chi connectivity index (χ2v) is 4.05. The highest BCUT2D eigenvalue weighted by Gasteiger charge is 2.04. The summed E-state index contributed by atoms with van der Waals surface area (Å²) < 4.78 is 1.32. The van der Waals surface area contributed by atoms with E-state index in [1.165, 1.54) is 15.6 Å². The molecule has 2 heterocycles. The van der Waals surface area contributed by atoms with Crippen LogP contribution < -0.4 is 0 Å². The smallest absolute Gasteiger partial charge is 0.0924 e. The Kier molecular flexibility index (Phi) is 3.37. The Morgan fingerprint density at radius 2 is 2.06 bits per heavy atom. The van der Waals surface area contributed by atoms with Gasteiger partial charge in [0, 0.05) is 15.6 Å². The third-order valence-electron chi connectivity index (χ3n) is 2.28. The van der Waals surface area contributed by atoms with E-state index < -0.39 is 0 Å². The van der Waals surface area contributed by atoms with Crippen LogP contribution in [-0.2, 0) is 0 Å². The maximum absolute atomic E-state index is 4.04. The topological polar surface area (TPSA) is 28.7 Å². The van der Waals surface area contributed by atoms with E-state index in [0.29, 0.717) is 0 Å². The molecule has 0 aliphatic heterocycles. The molecular weight excluding hydrogens is 216 g/mol. The van der Waals surface area contributed by atoms with E-state index in [0.717, 1.165) is 5.69 Å². The van der Waals surface area contributed by atoms with Crippen LogP contribution >= 0.6 is 11.3 Å². The van der Waals surface area contributed by atoms with Crippen molar-refractivity contribution in [3.05, 3.63) is 42.2 Å². The number of benzene rings is 1. The summed E-state index contributed by atoms with van der Waals surface area (Å²) in [4.78, 5) is 7.17. The van der Waals surface area contributed by atoms with Gasteiger partial charge in [0.1, 0.15) is 0 Å². The number of H-pyrrole nitrogens is 1. The summed E-state index contributed by atoms with van der Waals surface area (Å²) in [6.45, 7) is 4.00. The molecule has 82 valence electrons. The first-order valence-electron chi connectivity index (χ1n) is 5.40. The predicted octanol–water partition coefficient (Wildman–Crippen LogP) is 4.32. The summed E-state index contributed by atoms with van der Waals surface area (Å²) in [5.74, 6) is 0. The van der Waals surface area contributed by atoms with E-state index in [1.54, 1.807) is 17.7 Å². The molecule has 3 aromatic rings. The van der Waals surface area contributed by atoms with Crippen LogP contribution in [0, 0.1) is 0 Å². The molecule has 16 heavy (non-hydrogen) atoms. The summed E-state index contributed by atoms with van der Waals surface area (Å²) in [6, 6.07) is 8.48. The lowest BCUT2D eigenvalue weighted by Crippen LogP contribution is -1.76. The Bertz CT molecular complexity index is 552. The Morgan fingerprint density at radius 1 is 1.19 bits per heavy atom. The quantitative estimate of drug-likeness (QED) is 0.662. The van der Waals surface area contributed by atoms with Crippen LogP contribution in [0.3, 0.4) is 0 Å². The number of aromatic nitrogens is 2. The molecule has 1 aromatic carbocycles. The van der Waals surface area contributed by atoms with Gasteiger partial charge in [-0.2, -0.15) is 0 Å². The highest BCUT2D eigenvalue weighted by Crippen LogP contribution is 2.30. The number of thiophene rings is 1. The molecule has 0 fully saturated rings. The Balaban J connectivity index is 0.000000457. The summed E-state index contributed by atoms with van der Waals surface area (Å²) >= 11 is 1.76. The van der Waals surface area contributed by atoms with Crippen molar-refractivity contribution in [2.75, 3.05) is 0 Å². The normalized spacial score (nSPS) is 9.88. The van der Waals surface area contributed by atoms with Crippen molar-refractivity contribution < 1.29 is 0 Å². The molecule has 0 radical (unpaired) electrons. The molecule has 3 heteroatoms. The fourth-order valence-corrected chi connectivity index (χ4v) is 2.44. The van der Waals surface area contributed by atoms with Gasteiger partial charge < -0.3 is 4.98 Å². The van der Waals surface area contributed by atoms with Crippen molar-refractivity contribution in [2.45, 2.75) is 13.8 Å². The van der Waals surface area contributed by atoms with Crippen molar-refractivity contribution in [3.63, 3.8) is 0 Å². The van der Waals surface area contributed by atoms with E-state index in [9.17, 15) is 0 Å².